The van der Waals surface area contributed by atoms with E-state index in [2.05, 4.69) is 56.1 Å². The standard InChI is InChI=1S/C14H17N/c1-4-11-5-6-12-7-8-13(10(2)3)15-14(12)9-11/h5-10H,4H2,1-3H3. The average molecular weight is 199 g/mol. The van der Waals surface area contributed by atoms with Crippen molar-refractivity contribution >= 4 is 10.9 Å². The highest BCUT2D eigenvalue weighted by Gasteiger charge is 2.02. The van der Waals surface area contributed by atoms with Gasteiger partial charge in [-0.15, -0.1) is 0 Å². The van der Waals surface area contributed by atoms with Crippen molar-refractivity contribution < 1.29 is 0 Å². The van der Waals surface area contributed by atoms with E-state index in [9.17, 15) is 0 Å². The van der Waals surface area contributed by atoms with E-state index in [1.807, 2.05) is 0 Å². The number of aromatic nitrogens is 1. The van der Waals surface area contributed by atoms with Crippen LogP contribution in [0.3, 0.4) is 0 Å². The van der Waals surface area contributed by atoms with Gasteiger partial charge in [0, 0.05) is 11.1 Å². The molecule has 0 aliphatic heterocycles. The van der Waals surface area contributed by atoms with E-state index in [0.29, 0.717) is 5.92 Å². The molecule has 0 N–H and O–H groups in total. The summed E-state index contributed by atoms with van der Waals surface area (Å²) in [6.07, 6.45) is 1.07. The van der Waals surface area contributed by atoms with Crippen LogP contribution in [0.4, 0.5) is 0 Å². The van der Waals surface area contributed by atoms with E-state index >= 15 is 0 Å². The molecular formula is C14H17N. The van der Waals surface area contributed by atoms with Gasteiger partial charge in [0.25, 0.3) is 0 Å². The molecule has 0 saturated heterocycles. The van der Waals surface area contributed by atoms with Gasteiger partial charge in [0.1, 0.15) is 0 Å². The summed E-state index contributed by atoms with van der Waals surface area (Å²) in [4.78, 5) is 4.68. The molecule has 1 aromatic carbocycles. The fraction of sp³-hybridized carbons (Fsp3) is 0.357. The van der Waals surface area contributed by atoms with Crippen molar-refractivity contribution in [2.24, 2.45) is 0 Å². The number of benzene rings is 1. The summed E-state index contributed by atoms with van der Waals surface area (Å²) in [6.45, 7) is 6.53. The van der Waals surface area contributed by atoms with Gasteiger partial charge in [-0.2, -0.15) is 0 Å². The molecule has 0 bridgehead atoms. The molecule has 78 valence electrons. The van der Waals surface area contributed by atoms with Gasteiger partial charge in [0.15, 0.2) is 0 Å². The van der Waals surface area contributed by atoms with Crippen LogP contribution in [0.1, 0.15) is 37.9 Å². The zero-order valence-corrected chi connectivity index (χ0v) is 9.62. The lowest BCUT2D eigenvalue weighted by atomic mass is 10.1. The Morgan fingerprint density at radius 3 is 2.53 bits per heavy atom. The van der Waals surface area contributed by atoms with Crippen LogP contribution >= 0.6 is 0 Å². The lowest BCUT2D eigenvalue weighted by Crippen LogP contribution is -1.93. The average Bonchev–Trinajstić information content (AvgIpc) is 2.27. The first kappa shape index (κ1) is 10.2. The molecule has 0 saturated carbocycles. The van der Waals surface area contributed by atoms with Crippen LogP contribution in [-0.4, -0.2) is 4.98 Å². The molecule has 1 heteroatoms. The fourth-order valence-corrected chi connectivity index (χ4v) is 1.72. The van der Waals surface area contributed by atoms with Gasteiger partial charge < -0.3 is 0 Å². The second-order valence-electron chi connectivity index (χ2n) is 4.27. The Labute approximate surface area is 91.2 Å². The number of fused-ring (bicyclic) bond motifs is 1. The van der Waals surface area contributed by atoms with Gasteiger partial charge >= 0.3 is 0 Å². The summed E-state index contributed by atoms with van der Waals surface area (Å²) in [5, 5.41) is 1.23. The van der Waals surface area contributed by atoms with Crippen LogP contribution in [0, 0.1) is 0 Å². The van der Waals surface area contributed by atoms with Crippen molar-refractivity contribution in [2.45, 2.75) is 33.1 Å². The molecule has 1 heterocycles. The van der Waals surface area contributed by atoms with Crippen LogP contribution in [0.15, 0.2) is 30.3 Å². The van der Waals surface area contributed by atoms with E-state index in [-0.39, 0.29) is 0 Å². The first-order valence-electron chi connectivity index (χ1n) is 5.60. The summed E-state index contributed by atoms with van der Waals surface area (Å²) in [7, 11) is 0. The topological polar surface area (TPSA) is 12.9 Å². The molecule has 0 radical (unpaired) electrons. The largest absolute Gasteiger partial charge is 0.253 e. The SMILES string of the molecule is CCc1ccc2ccc(C(C)C)nc2c1. The molecule has 2 rings (SSSR count). The predicted octanol–water partition coefficient (Wildman–Crippen LogP) is 3.92. The molecule has 1 aromatic heterocycles. The molecule has 2 aromatic rings. The number of pyridine rings is 1. The van der Waals surface area contributed by atoms with Crippen LogP contribution in [-0.2, 0) is 6.42 Å². The van der Waals surface area contributed by atoms with Crippen molar-refractivity contribution in [1.82, 2.24) is 4.98 Å². The molecule has 0 atom stereocenters. The third-order valence-corrected chi connectivity index (χ3v) is 2.78. The van der Waals surface area contributed by atoms with Crippen molar-refractivity contribution in [1.29, 1.82) is 0 Å². The number of rotatable bonds is 2. The Morgan fingerprint density at radius 1 is 1.13 bits per heavy atom. The van der Waals surface area contributed by atoms with E-state index in [1.165, 1.54) is 16.6 Å². The maximum Gasteiger partial charge on any atom is 0.0708 e. The van der Waals surface area contributed by atoms with E-state index in [1.54, 1.807) is 0 Å². The van der Waals surface area contributed by atoms with Crippen LogP contribution in [0.2, 0.25) is 0 Å². The molecule has 15 heavy (non-hydrogen) atoms. The predicted molar refractivity (Wildman–Crippen MR) is 65.2 cm³/mol. The van der Waals surface area contributed by atoms with Gasteiger partial charge in [-0.25, -0.2) is 0 Å². The third kappa shape index (κ3) is 2.01. The molecule has 0 amide bonds. The quantitative estimate of drug-likeness (QED) is 0.714. The maximum atomic E-state index is 4.68. The number of aryl methyl sites for hydroxylation is 1. The van der Waals surface area contributed by atoms with Crippen LogP contribution in [0.25, 0.3) is 10.9 Å². The molecular weight excluding hydrogens is 182 g/mol. The van der Waals surface area contributed by atoms with Crippen molar-refractivity contribution in [3.63, 3.8) is 0 Å². The van der Waals surface area contributed by atoms with E-state index in [0.717, 1.165) is 11.9 Å². The van der Waals surface area contributed by atoms with Crippen molar-refractivity contribution in [3.05, 3.63) is 41.6 Å². The Balaban J connectivity index is 2.57. The smallest absolute Gasteiger partial charge is 0.0708 e. The van der Waals surface area contributed by atoms with Gasteiger partial charge in [-0.05, 0) is 30.0 Å². The monoisotopic (exact) mass is 199 g/mol. The molecule has 0 unspecified atom stereocenters. The van der Waals surface area contributed by atoms with Gasteiger partial charge in [-0.3, -0.25) is 4.98 Å². The van der Waals surface area contributed by atoms with Crippen LogP contribution < -0.4 is 0 Å². The highest BCUT2D eigenvalue weighted by Crippen LogP contribution is 2.19. The lowest BCUT2D eigenvalue weighted by molar-refractivity contribution is 0.830. The number of hydrogen-bond acceptors (Lipinski definition) is 1. The normalized spacial score (nSPS) is 11.2. The summed E-state index contributed by atoms with van der Waals surface area (Å²) < 4.78 is 0. The van der Waals surface area contributed by atoms with Crippen molar-refractivity contribution in [2.75, 3.05) is 0 Å². The summed E-state index contributed by atoms with van der Waals surface area (Å²) in [5.41, 5.74) is 3.66. The zero-order chi connectivity index (χ0) is 10.8. The van der Waals surface area contributed by atoms with Gasteiger partial charge in [0.2, 0.25) is 0 Å². The molecule has 1 nitrogen and oxygen atoms in total. The summed E-state index contributed by atoms with van der Waals surface area (Å²) in [6, 6.07) is 10.8. The molecule has 0 aliphatic carbocycles. The van der Waals surface area contributed by atoms with Gasteiger partial charge in [-0.1, -0.05) is 39.0 Å². The minimum atomic E-state index is 0.500. The Morgan fingerprint density at radius 2 is 1.87 bits per heavy atom. The zero-order valence-electron chi connectivity index (χ0n) is 9.62. The second kappa shape index (κ2) is 4.01. The Kier molecular flexibility index (Phi) is 2.72. The Hall–Kier alpha value is -1.37. The second-order valence-corrected chi connectivity index (χ2v) is 4.27. The first-order valence-corrected chi connectivity index (χ1v) is 5.60. The highest BCUT2D eigenvalue weighted by molar-refractivity contribution is 5.79. The van der Waals surface area contributed by atoms with Crippen molar-refractivity contribution in [3.8, 4) is 0 Å². The molecule has 0 aliphatic rings. The minimum Gasteiger partial charge on any atom is -0.253 e. The maximum absolute atomic E-state index is 4.68. The lowest BCUT2D eigenvalue weighted by Gasteiger charge is -2.06. The van der Waals surface area contributed by atoms with Gasteiger partial charge in [0.05, 0.1) is 5.52 Å². The van der Waals surface area contributed by atoms with E-state index < -0.39 is 0 Å². The third-order valence-electron chi connectivity index (χ3n) is 2.78. The van der Waals surface area contributed by atoms with E-state index in [4.69, 9.17) is 0 Å². The minimum absolute atomic E-state index is 0.500. The Bertz CT molecular complexity index is 472. The number of hydrogen-bond donors (Lipinski definition) is 0. The fourth-order valence-electron chi connectivity index (χ4n) is 1.72. The highest BCUT2D eigenvalue weighted by atomic mass is 14.7. The summed E-state index contributed by atoms with van der Waals surface area (Å²) in [5.74, 6) is 0.500. The summed E-state index contributed by atoms with van der Waals surface area (Å²) >= 11 is 0. The first-order chi connectivity index (χ1) is 7.20. The number of nitrogens with zero attached hydrogens (tertiary/aromatic N) is 1. The van der Waals surface area contributed by atoms with Crippen LogP contribution in [0.5, 0.6) is 0 Å². The molecule has 0 spiro atoms. The molecule has 0 fully saturated rings.